The molecule has 1 aromatic rings. The van der Waals surface area contributed by atoms with Crippen molar-refractivity contribution in [2.24, 2.45) is 0 Å². The van der Waals surface area contributed by atoms with Crippen LogP contribution in [-0.2, 0) is 9.53 Å². The van der Waals surface area contributed by atoms with Crippen molar-refractivity contribution >= 4 is 17.7 Å². The number of urea groups is 1. The van der Waals surface area contributed by atoms with E-state index in [-0.39, 0.29) is 18.8 Å². The second-order valence-electron chi connectivity index (χ2n) is 3.54. The molecule has 0 bridgehead atoms. The molecule has 0 saturated carbocycles. The molecule has 6 heteroatoms. The molecule has 0 atom stereocenters. The summed E-state index contributed by atoms with van der Waals surface area (Å²) < 4.78 is 18.0. The largest absolute Gasteiger partial charge is 0.465 e. The second-order valence-corrected chi connectivity index (χ2v) is 3.54. The lowest BCUT2D eigenvalue weighted by Gasteiger charge is -2.10. The highest BCUT2D eigenvalue weighted by molar-refractivity contribution is 5.92. The fourth-order valence-corrected chi connectivity index (χ4v) is 1.31. The minimum atomic E-state index is -0.656. The Bertz CT molecular complexity index is 429. The summed E-state index contributed by atoms with van der Waals surface area (Å²) in [4.78, 5) is 22.4. The number of hydrogen-bond donors (Lipinski definition) is 2. The van der Waals surface area contributed by atoms with Crippen LogP contribution >= 0.6 is 0 Å². The number of carbonyl (C=O) groups excluding carboxylic acids is 2. The smallest absolute Gasteiger partial charge is 0.325 e. The lowest BCUT2D eigenvalue weighted by atomic mass is 10.2. The van der Waals surface area contributed by atoms with Crippen LogP contribution in [-0.4, -0.2) is 25.2 Å². The van der Waals surface area contributed by atoms with Crippen molar-refractivity contribution < 1.29 is 18.7 Å². The van der Waals surface area contributed by atoms with E-state index >= 15 is 0 Å². The number of para-hydroxylation sites is 1. The Morgan fingerprint density at radius 2 is 2.11 bits per heavy atom. The first-order valence-electron chi connectivity index (χ1n) is 5.50. The van der Waals surface area contributed by atoms with Gasteiger partial charge in [0.25, 0.3) is 0 Å². The first-order valence-corrected chi connectivity index (χ1v) is 5.50. The second kappa shape index (κ2) is 6.58. The number of anilines is 1. The number of halogens is 1. The van der Waals surface area contributed by atoms with Crippen LogP contribution in [0.5, 0.6) is 0 Å². The summed E-state index contributed by atoms with van der Waals surface area (Å²) in [5.74, 6) is -1.07. The third kappa shape index (κ3) is 4.04. The average molecular weight is 254 g/mol. The van der Waals surface area contributed by atoms with E-state index in [2.05, 4.69) is 15.4 Å². The Morgan fingerprint density at radius 3 is 2.72 bits per heavy atom. The van der Waals surface area contributed by atoms with Gasteiger partial charge in [-0.1, -0.05) is 12.1 Å². The standard InChI is InChI=1S/C12H15FN2O3/c1-3-18-10(16)7-14-12(17)15-11-8(2)5-4-6-9(11)13/h4-6H,3,7H2,1-2H3,(H2,14,15,17). The third-order valence-corrected chi connectivity index (χ3v) is 2.16. The van der Waals surface area contributed by atoms with Crippen molar-refractivity contribution in [3.63, 3.8) is 0 Å². The number of ether oxygens (including phenoxy) is 1. The van der Waals surface area contributed by atoms with E-state index in [0.29, 0.717) is 5.56 Å². The Kier molecular flexibility index (Phi) is 5.10. The summed E-state index contributed by atoms with van der Waals surface area (Å²) in [7, 11) is 0. The molecule has 98 valence electrons. The fourth-order valence-electron chi connectivity index (χ4n) is 1.31. The Balaban J connectivity index is 2.52. The van der Waals surface area contributed by atoms with Gasteiger partial charge in [-0.05, 0) is 25.5 Å². The highest BCUT2D eigenvalue weighted by Gasteiger charge is 2.10. The van der Waals surface area contributed by atoms with Crippen LogP contribution in [0.15, 0.2) is 18.2 Å². The molecular weight excluding hydrogens is 239 g/mol. The van der Waals surface area contributed by atoms with Gasteiger partial charge in [-0.3, -0.25) is 4.79 Å². The molecular formula is C12H15FN2O3. The summed E-state index contributed by atoms with van der Waals surface area (Å²) >= 11 is 0. The molecule has 0 heterocycles. The molecule has 0 radical (unpaired) electrons. The number of esters is 1. The molecule has 1 aromatic carbocycles. The summed E-state index contributed by atoms with van der Waals surface area (Å²) in [6.07, 6.45) is 0. The summed E-state index contributed by atoms with van der Waals surface area (Å²) in [5.41, 5.74) is 0.695. The van der Waals surface area contributed by atoms with Gasteiger partial charge >= 0.3 is 12.0 Å². The van der Waals surface area contributed by atoms with E-state index in [0.717, 1.165) is 0 Å². The van der Waals surface area contributed by atoms with Gasteiger partial charge < -0.3 is 15.4 Å². The number of aryl methyl sites for hydroxylation is 1. The van der Waals surface area contributed by atoms with Gasteiger partial charge in [0.05, 0.1) is 12.3 Å². The maximum absolute atomic E-state index is 13.4. The van der Waals surface area contributed by atoms with Crippen LogP contribution in [0.3, 0.4) is 0 Å². The Morgan fingerprint density at radius 1 is 1.39 bits per heavy atom. The van der Waals surface area contributed by atoms with Crippen molar-refractivity contribution in [3.8, 4) is 0 Å². The minimum absolute atomic E-state index is 0.0962. The maximum Gasteiger partial charge on any atom is 0.325 e. The van der Waals surface area contributed by atoms with Crippen molar-refractivity contribution in [1.82, 2.24) is 5.32 Å². The molecule has 0 unspecified atom stereocenters. The fraction of sp³-hybridized carbons (Fsp3) is 0.333. The van der Waals surface area contributed by atoms with E-state index in [1.807, 2.05) is 0 Å². The summed E-state index contributed by atoms with van der Waals surface area (Å²) in [6, 6.07) is 3.81. The van der Waals surface area contributed by atoms with Crippen LogP contribution in [0.2, 0.25) is 0 Å². The van der Waals surface area contributed by atoms with E-state index in [1.165, 1.54) is 6.07 Å². The van der Waals surface area contributed by atoms with Crippen LogP contribution in [0.25, 0.3) is 0 Å². The quantitative estimate of drug-likeness (QED) is 0.805. The number of hydrogen-bond acceptors (Lipinski definition) is 3. The maximum atomic E-state index is 13.4. The van der Waals surface area contributed by atoms with Gasteiger partial charge in [0.2, 0.25) is 0 Å². The first-order chi connectivity index (χ1) is 8.54. The minimum Gasteiger partial charge on any atom is -0.465 e. The van der Waals surface area contributed by atoms with Gasteiger partial charge in [0, 0.05) is 0 Å². The number of nitrogens with one attached hydrogen (secondary N) is 2. The molecule has 0 fully saturated rings. The SMILES string of the molecule is CCOC(=O)CNC(=O)Nc1c(C)cccc1F. The molecule has 0 aliphatic rings. The molecule has 0 aliphatic carbocycles. The number of carbonyl (C=O) groups is 2. The van der Waals surface area contributed by atoms with Gasteiger partial charge in [0.1, 0.15) is 12.4 Å². The highest BCUT2D eigenvalue weighted by atomic mass is 19.1. The zero-order chi connectivity index (χ0) is 13.5. The highest BCUT2D eigenvalue weighted by Crippen LogP contribution is 2.18. The topological polar surface area (TPSA) is 67.4 Å². The zero-order valence-corrected chi connectivity index (χ0v) is 10.2. The molecule has 0 aliphatic heterocycles. The molecule has 0 spiro atoms. The van der Waals surface area contributed by atoms with E-state index in [1.54, 1.807) is 26.0 Å². The van der Waals surface area contributed by atoms with Crippen molar-refractivity contribution in [2.45, 2.75) is 13.8 Å². The predicted octanol–water partition coefficient (Wildman–Crippen LogP) is 1.82. The average Bonchev–Trinajstić information content (AvgIpc) is 2.32. The van der Waals surface area contributed by atoms with Crippen molar-refractivity contribution in [1.29, 1.82) is 0 Å². The number of rotatable bonds is 4. The predicted molar refractivity (Wildman–Crippen MR) is 64.8 cm³/mol. The lowest BCUT2D eigenvalue weighted by molar-refractivity contribution is -0.141. The van der Waals surface area contributed by atoms with E-state index in [9.17, 15) is 14.0 Å². The molecule has 0 saturated heterocycles. The van der Waals surface area contributed by atoms with Crippen molar-refractivity contribution in [2.75, 3.05) is 18.5 Å². The van der Waals surface area contributed by atoms with Crippen LogP contribution in [0.4, 0.5) is 14.9 Å². The molecule has 0 aromatic heterocycles. The zero-order valence-electron chi connectivity index (χ0n) is 10.2. The van der Waals surface area contributed by atoms with Crippen LogP contribution < -0.4 is 10.6 Å². The lowest BCUT2D eigenvalue weighted by Crippen LogP contribution is -2.34. The third-order valence-electron chi connectivity index (χ3n) is 2.16. The number of amides is 2. The molecule has 2 amide bonds. The monoisotopic (exact) mass is 254 g/mol. The molecule has 5 nitrogen and oxygen atoms in total. The van der Waals surface area contributed by atoms with Gasteiger partial charge in [-0.15, -0.1) is 0 Å². The summed E-state index contributed by atoms with van der Waals surface area (Å²) in [6.45, 7) is 3.33. The Labute approximate surface area is 104 Å². The van der Waals surface area contributed by atoms with Crippen LogP contribution in [0.1, 0.15) is 12.5 Å². The number of benzene rings is 1. The molecule has 1 rings (SSSR count). The van der Waals surface area contributed by atoms with Gasteiger partial charge in [-0.25, -0.2) is 9.18 Å². The Hall–Kier alpha value is -2.11. The van der Waals surface area contributed by atoms with E-state index in [4.69, 9.17) is 0 Å². The molecule has 2 N–H and O–H groups in total. The summed E-state index contributed by atoms with van der Waals surface area (Å²) in [5, 5.41) is 4.62. The van der Waals surface area contributed by atoms with E-state index < -0.39 is 17.8 Å². The van der Waals surface area contributed by atoms with Crippen molar-refractivity contribution in [3.05, 3.63) is 29.6 Å². The van der Waals surface area contributed by atoms with Gasteiger partial charge in [0.15, 0.2) is 0 Å². The normalized spacial score (nSPS) is 9.72. The van der Waals surface area contributed by atoms with Gasteiger partial charge in [-0.2, -0.15) is 0 Å². The first kappa shape index (κ1) is 14.0. The van der Waals surface area contributed by atoms with Crippen LogP contribution in [0, 0.1) is 12.7 Å². The molecule has 18 heavy (non-hydrogen) atoms.